The van der Waals surface area contributed by atoms with Crippen molar-refractivity contribution in [3.05, 3.63) is 58.7 Å². The fourth-order valence-electron chi connectivity index (χ4n) is 3.79. The molecule has 1 fully saturated rings. The summed E-state index contributed by atoms with van der Waals surface area (Å²) in [6.07, 6.45) is 2.17. The Morgan fingerprint density at radius 2 is 2.00 bits per heavy atom. The Hall–Kier alpha value is -3.26. The van der Waals surface area contributed by atoms with E-state index in [0.717, 1.165) is 6.54 Å². The maximum Gasteiger partial charge on any atom is 0.295 e. The smallest absolute Gasteiger partial charge is 0.295 e. The molecule has 1 aromatic carbocycles. The van der Waals surface area contributed by atoms with E-state index in [-0.39, 0.29) is 11.3 Å². The van der Waals surface area contributed by atoms with Gasteiger partial charge in [-0.15, -0.1) is 0 Å². The van der Waals surface area contributed by atoms with Gasteiger partial charge in [-0.2, -0.15) is 0 Å². The molecule has 2 aromatic rings. The second kappa shape index (κ2) is 9.26. The molecule has 2 heterocycles. The summed E-state index contributed by atoms with van der Waals surface area (Å²) >= 11 is 0. The summed E-state index contributed by atoms with van der Waals surface area (Å²) in [4.78, 5) is 38.0. The number of aryl methyl sites for hydroxylation is 2. The maximum absolute atomic E-state index is 13.1. The van der Waals surface area contributed by atoms with E-state index in [9.17, 15) is 14.7 Å². The molecule has 1 N–H and O–H groups in total. The van der Waals surface area contributed by atoms with Gasteiger partial charge >= 0.3 is 0 Å². The van der Waals surface area contributed by atoms with Gasteiger partial charge in [-0.1, -0.05) is 12.1 Å². The highest BCUT2D eigenvalue weighted by Crippen LogP contribution is 2.40. The number of aliphatic hydroxyl groups is 1. The molecule has 8 nitrogen and oxygen atoms in total. The largest absolute Gasteiger partial charge is 0.507 e. The van der Waals surface area contributed by atoms with Crippen molar-refractivity contribution in [3.63, 3.8) is 0 Å². The molecule has 3 rings (SSSR count). The number of carbonyl (C=O) groups is 2. The molecular formula is C23H28N4O4. The number of carbonyl (C=O) groups excluding carboxylic acids is 2. The molecule has 8 heteroatoms. The van der Waals surface area contributed by atoms with Crippen LogP contribution in [0.1, 0.15) is 35.1 Å². The number of ketones is 1. The normalized spacial score (nSPS) is 18.1. The van der Waals surface area contributed by atoms with Crippen LogP contribution in [0.25, 0.3) is 5.76 Å². The number of rotatable bonds is 7. The Balaban J connectivity index is 2.14. The van der Waals surface area contributed by atoms with Gasteiger partial charge in [-0.05, 0) is 58.6 Å². The zero-order valence-electron chi connectivity index (χ0n) is 18.5. The number of aliphatic hydroxyl groups excluding tert-OH is 1. The highest BCUT2D eigenvalue weighted by molar-refractivity contribution is 6.46. The highest BCUT2D eigenvalue weighted by atomic mass is 16.5. The van der Waals surface area contributed by atoms with Crippen LogP contribution in [-0.2, 0) is 9.59 Å². The average molecular weight is 425 g/mol. The van der Waals surface area contributed by atoms with Gasteiger partial charge in [0.05, 0.1) is 30.0 Å². The van der Waals surface area contributed by atoms with E-state index in [4.69, 9.17) is 4.74 Å². The number of methoxy groups -OCH3 is 1. The molecule has 0 aliphatic carbocycles. The molecule has 0 radical (unpaired) electrons. The van der Waals surface area contributed by atoms with E-state index < -0.39 is 17.7 Å². The van der Waals surface area contributed by atoms with Crippen molar-refractivity contribution >= 4 is 17.4 Å². The van der Waals surface area contributed by atoms with E-state index >= 15 is 0 Å². The third kappa shape index (κ3) is 4.59. The standard InChI is InChI=1S/C23H28N4O4/c1-14-18(13-24-15(2)25-14)21(28)19-20(16-8-6-9-17(12-16)31-5)27(23(30)22(19)29)11-7-10-26(3)4/h6,8-9,12-13,20,28H,7,10-11H2,1-5H3/t20-/m1/s1. The quantitative estimate of drug-likeness (QED) is 0.414. The first-order valence-electron chi connectivity index (χ1n) is 10.1. The molecule has 0 bridgehead atoms. The van der Waals surface area contributed by atoms with Crippen LogP contribution in [-0.4, -0.2) is 70.9 Å². The third-order valence-corrected chi connectivity index (χ3v) is 5.31. The summed E-state index contributed by atoms with van der Waals surface area (Å²) in [6.45, 7) is 4.62. The van der Waals surface area contributed by atoms with Gasteiger partial charge in [-0.25, -0.2) is 9.97 Å². The van der Waals surface area contributed by atoms with Crippen molar-refractivity contribution in [2.75, 3.05) is 34.3 Å². The lowest BCUT2D eigenvalue weighted by molar-refractivity contribution is -0.139. The number of hydrogen-bond donors (Lipinski definition) is 1. The Labute approximate surface area is 182 Å². The van der Waals surface area contributed by atoms with Crippen molar-refractivity contribution in [2.45, 2.75) is 26.3 Å². The van der Waals surface area contributed by atoms with Gasteiger partial charge in [0, 0.05) is 12.7 Å². The number of benzene rings is 1. The number of ether oxygens (including phenoxy) is 1. The van der Waals surface area contributed by atoms with Crippen LogP contribution in [0.15, 0.2) is 36.0 Å². The number of likely N-dealkylation sites (tertiary alicyclic amines) is 1. The molecule has 0 saturated carbocycles. The second-order valence-electron chi connectivity index (χ2n) is 7.84. The van der Waals surface area contributed by atoms with Crippen LogP contribution >= 0.6 is 0 Å². The van der Waals surface area contributed by atoms with Gasteiger partial charge < -0.3 is 19.6 Å². The lowest BCUT2D eigenvalue weighted by Gasteiger charge is -2.26. The average Bonchev–Trinajstić information content (AvgIpc) is 2.98. The number of nitrogens with zero attached hydrogens (tertiary/aromatic N) is 4. The fraction of sp³-hybridized carbons (Fsp3) is 0.391. The minimum atomic E-state index is -0.724. The SMILES string of the molecule is COc1cccc([C@@H]2C(=C(O)c3cnc(C)nc3C)C(=O)C(=O)N2CCCN(C)C)c1. The van der Waals surface area contributed by atoms with Crippen molar-refractivity contribution < 1.29 is 19.4 Å². The summed E-state index contributed by atoms with van der Waals surface area (Å²) in [5.74, 6) is -0.443. The molecule has 1 aliphatic rings. The van der Waals surface area contributed by atoms with Gasteiger partial charge in [0.1, 0.15) is 17.3 Å². The fourth-order valence-corrected chi connectivity index (χ4v) is 3.79. The Morgan fingerprint density at radius 3 is 2.65 bits per heavy atom. The van der Waals surface area contributed by atoms with E-state index in [0.29, 0.717) is 41.4 Å². The third-order valence-electron chi connectivity index (χ3n) is 5.31. The van der Waals surface area contributed by atoms with E-state index in [1.807, 2.05) is 25.1 Å². The maximum atomic E-state index is 13.1. The predicted octanol–water partition coefficient (Wildman–Crippen LogP) is 2.48. The molecule has 0 unspecified atom stereocenters. The molecule has 1 saturated heterocycles. The summed E-state index contributed by atoms with van der Waals surface area (Å²) < 4.78 is 5.33. The summed E-state index contributed by atoms with van der Waals surface area (Å²) in [7, 11) is 5.46. The highest BCUT2D eigenvalue weighted by Gasteiger charge is 2.46. The van der Waals surface area contributed by atoms with Gasteiger partial charge in [0.2, 0.25) is 0 Å². The van der Waals surface area contributed by atoms with Crippen LogP contribution in [0.3, 0.4) is 0 Å². The zero-order valence-corrected chi connectivity index (χ0v) is 18.5. The van der Waals surface area contributed by atoms with Gasteiger partial charge in [0.25, 0.3) is 11.7 Å². The molecule has 1 atom stereocenters. The first-order chi connectivity index (χ1) is 14.7. The van der Waals surface area contributed by atoms with Crippen molar-refractivity contribution in [2.24, 2.45) is 0 Å². The topological polar surface area (TPSA) is 95.9 Å². The minimum Gasteiger partial charge on any atom is -0.507 e. The number of Topliss-reactive ketones (excluding diaryl/α,β-unsaturated/α-hetero) is 1. The zero-order chi connectivity index (χ0) is 22.7. The molecule has 1 aromatic heterocycles. The van der Waals surface area contributed by atoms with Crippen molar-refractivity contribution in [1.29, 1.82) is 0 Å². The second-order valence-corrected chi connectivity index (χ2v) is 7.84. The van der Waals surface area contributed by atoms with Crippen LogP contribution in [0.5, 0.6) is 5.75 Å². The summed E-state index contributed by atoms with van der Waals surface area (Å²) in [6, 6.07) is 6.47. The van der Waals surface area contributed by atoms with Gasteiger partial charge in [-0.3, -0.25) is 9.59 Å². The lowest BCUT2D eigenvalue weighted by Crippen LogP contribution is -2.32. The predicted molar refractivity (Wildman–Crippen MR) is 117 cm³/mol. The van der Waals surface area contributed by atoms with Crippen LogP contribution in [0, 0.1) is 13.8 Å². The van der Waals surface area contributed by atoms with Gasteiger partial charge in [0.15, 0.2) is 0 Å². The van der Waals surface area contributed by atoms with Crippen LogP contribution in [0.2, 0.25) is 0 Å². The number of hydrogen-bond acceptors (Lipinski definition) is 7. The molecule has 164 valence electrons. The Kier molecular flexibility index (Phi) is 6.70. The monoisotopic (exact) mass is 424 g/mol. The molecule has 1 amide bonds. The first-order valence-corrected chi connectivity index (χ1v) is 10.1. The molecule has 0 spiro atoms. The molecule has 1 aliphatic heterocycles. The minimum absolute atomic E-state index is 0.0404. The van der Waals surface area contributed by atoms with Crippen molar-refractivity contribution in [3.8, 4) is 5.75 Å². The number of aromatic nitrogens is 2. The summed E-state index contributed by atoms with van der Waals surface area (Å²) in [5.41, 5.74) is 1.60. The van der Waals surface area contributed by atoms with E-state index in [1.54, 1.807) is 39.2 Å². The van der Waals surface area contributed by atoms with E-state index in [1.165, 1.54) is 11.1 Å². The Bertz CT molecular complexity index is 1030. The van der Waals surface area contributed by atoms with E-state index in [2.05, 4.69) is 9.97 Å². The first kappa shape index (κ1) is 22.4. The van der Waals surface area contributed by atoms with Crippen LogP contribution in [0.4, 0.5) is 0 Å². The molecule has 31 heavy (non-hydrogen) atoms. The number of amides is 1. The Morgan fingerprint density at radius 1 is 1.26 bits per heavy atom. The summed E-state index contributed by atoms with van der Waals surface area (Å²) in [5, 5.41) is 11.1. The lowest BCUT2D eigenvalue weighted by atomic mass is 9.95. The van der Waals surface area contributed by atoms with Crippen molar-refractivity contribution in [1.82, 2.24) is 19.8 Å². The molecular weight excluding hydrogens is 396 g/mol. The van der Waals surface area contributed by atoms with Crippen LogP contribution < -0.4 is 4.74 Å².